The molecule has 9 nitrogen and oxygen atoms in total. The monoisotopic (exact) mass is 627 g/mol. The largest absolute Gasteiger partial charge is 0.270 e. The fraction of sp³-hybridized carbons (Fsp3) is 0. The van der Waals surface area contributed by atoms with E-state index in [9.17, 15) is 43.9 Å². The van der Waals surface area contributed by atoms with Gasteiger partial charge in [-0.2, -0.15) is 15.8 Å². The van der Waals surface area contributed by atoms with E-state index in [4.69, 9.17) is 26.3 Å². The molecule has 2 aliphatic carbocycles. The first kappa shape index (κ1) is 31.2. The van der Waals surface area contributed by atoms with Gasteiger partial charge in [0.05, 0.1) is 67.3 Å². The number of fused-ring (bicyclic) bond motifs is 2. The summed E-state index contributed by atoms with van der Waals surface area (Å²) in [6.07, 6.45) is 0. The summed E-state index contributed by atoms with van der Waals surface area (Å²) >= 11 is 0. The van der Waals surface area contributed by atoms with E-state index in [1.54, 1.807) is 18.2 Å². The maximum atomic E-state index is 14.6. The minimum absolute atomic E-state index is 0.205. The van der Waals surface area contributed by atoms with Gasteiger partial charge in [-0.25, -0.2) is 47.5 Å². The van der Waals surface area contributed by atoms with Crippen LogP contribution in [0.1, 0.15) is 44.5 Å². The lowest BCUT2D eigenvalue weighted by atomic mass is 9.88. The second-order valence-corrected chi connectivity index (χ2v) is 9.62. The molecule has 13 heteroatoms. The molecule has 5 rings (SSSR count). The Morgan fingerprint density at radius 1 is 0.562 bits per heavy atom. The van der Waals surface area contributed by atoms with Gasteiger partial charge in [0.1, 0.15) is 11.9 Å². The van der Waals surface area contributed by atoms with Crippen LogP contribution < -0.4 is 0 Å². The van der Waals surface area contributed by atoms with E-state index in [0.29, 0.717) is 24.3 Å². The van der Waals surface area contributed by atoms with Gasteiger partial charge in [0.2, 0.25) is 5.70 Å². The fourth-order valence-corrected chi connectivity index (χ4v) is 5.65. The summed E-state index contributed by atoms with van der Waals surface area (Å²) in [4.78, 5) is 13.1. The topological polar surface area (TPSA) is 136 Å². The van der Waals surface area contributed by atoms with E-state index in [-0.39, 0.29) is 44.5 Å². The quantitative estimate of drug-likeness (QED) is 0.161. The Kier molecular flexibility index (Phi) is 7.59. The molecule has 0 heterocycles. The Morgan fingerprint density at radius 2 is 1.10 bits per heavy atom. The van der Waals surface area contributed by atoms with E-state index in [2.05, 4.69) is 19.4 Å². The number of hydrogen-bond donors (Lipinski definition) is 0. The van der Waals surface area contributed by atoms with Crippen LogP contribution in [0, 0.1) is 106 Å². The maximum absolute atomic E-state index is 14.6. The minimum Gasteiger partial charge on any atom is -0.237 e. The van der Waals surface area contributed by atoms with E-state index < -0.39 is 73.9 Å². The lowest BCUT2D eigenvalue weighted by Gasteiger charge is -2.15. The summed E-state index contributed by atoms with van der Waals surface area (Å²) in [6.45, 7) is 30.9. The first-order chi connectivity index (χ1) is 23.1. The lowest BCUT2D eigenvalue weighted by Crippen LogP contribution is -1.99. The zero-order valence-electron chi connectivity index (χ0n) is 23.4. The Labute approximate surface area is 268 Å². The average molecular weight is 627 g/mol. The van der Waals surface area contributed by atoms with Crippen molar-refractivity contribution in [2.24, 2.45) is 0 Å². The van der Waals surface area contributed by atoms with Crippen molar-refractivity contribution in [3.8, 4) is 30.3 Å². The number of rotatable bonds is 2. The summed E-state index contributed by atoms with van der Waals surface area (Å²) in [5, 5.41) is 50.6. The van der Waals surface area contributed by atoms with Gasteiger partial charge in [-0.05, 0) is 63.7 Å². The summed E-state index contributed by atoms with van der Waals surface area (Å²) in [5.41, 5.74) is -7.13. The van der Waals surface area contributed by atoms with Gasteiger partial charge in [0.15, 0.2) is 23.1 Å². The van der Waals surface area contributed by atoms with Gasteiger partial charge in [0.25, 0.3) is 11.4 Å². The molecule has 0 aliphatic heterocycles. The first-order valence-electron chi connectivity index (χ1n) is 12.8. The summed E-state index contributed by atoms with van der Waals surface area (Å²) < 4.78 is 57.6. The molecule has 3 aromatic carbocycles. The van der Waals surface area contributed by atoms with Crippen LogP contribution in [0.3, 0.4) is 0 Å². The average Bonchev–Trinajstić information content (AvgIpc) is 3.59. The van der Waals surface area contributed by atoms with Gasteiger partial charge in [-0.15, -0.1) is 0 Å². The van der Waals surface area contributed by atoms with Crippen LogP contribution in [0.2, 0.25) is 0 Å². The number of nitrogens with zero attached hydrogens (tertiary/aromatic N) is 9. The van der Waals surface area contributed by atoms with Crippen molar-refractivity contribution in [3.05, 3.63) is 155 Å². The van der Waals surface area contributed by atoms with Crippen LogP contribution in [0.25, 0.3) is 52.9 Å². The second-order valence-electron chi connectivity index (χ2n) is 9.62. The highest BCUT2D eigenvalue weighted by atomic mass is 19.2. The predicted octanol–water partition coefficient (Wildman–Crippen LogP) is 8.09. The Hall–Kier alpha value is -8.25. The lowest BCUT2D eigenvalue weighted by molar-refractivity contribution is 0.508. The van der Waals surface area contributed by atoms with E-state index in [0.717, 1.165) is 6.07 Å². The fourth-order valence-electron chi connectivity index (χ4n) is 5.65. The molecule has 0 atom stereocenters. The molecule has 3 aromatic rings. The van der Waals surface area contributed by atoms with Crippen molar-refractivity contribution in [3.63, 3.8) is 0 Å². The van der Waals surface area contributed by atoms with E-state index >= 15 is 0 Å². The van der Waals surface area contributed by atoms with Gasteiger partial charge in [-0.1, -0.05) is 0 Å². The SMILES string of the molecule is [C-]#[N+]C1=C(c2cc(F)c(F)cc2[N+]#[C-])/C(=C(/C#N)[N+]#[C-])c2cc3c(c(C#N)c21)C(C#N)=C(c1cc(F)c(F)cc1C#N)/C3=C(\C#N)[N+]#[C-]. The van der Waals surface area contributed by atoms with Gasteiger partial charge in [0, 0.05) is 22.3 Å². The third-order valence-electron chi connectivity index (χ3n) is 7.46. The van der Waals surface area contributed by atoms with E-state index in [1.807, 2.05) is 12.1 Å². The van der Waals surface area contributed by atoms with Gasteiger partial charge >= 0.3 is 0 Å². The highest BCUT2D eigenvalue weighted by molar-refractivity contribution is 6.30. The van der Waals surface area contributed by atoms with Crippen molar-refractivity contribution < 1.29 is 17.6 Å². The molecule has 0 aromatic heterocycles. The highest BCUT2D eigenvalue weighted by Crippen LogP contribution is 2.57. The van der Waals surface area contributed by atoms with Crippen LogP contribution in [-0.4, -0.2) is 0 Å². The third kappa shape index (κ3) is 4.23. The molecule has 48 heavy (non-hydrogen) atoms. The molecule has 0 fully saturated rings. The molecular weight excluding hydrogens is 622 g/mol. The molecule has 0 unspecified atom stereocenters. The summed E-state index contributed by atoms with van der Waals surface area (Å²) in [7, 11) is 0. The van der Waals surface area contributed by atoms with Crippen molar-refractivity contribution in [2.45, 2.75) is 0 Å². The van der Waals surface area contributed by atoms with Gasteiger partial charge < -0.3 is 0 Å². The van der Waals surface area contributed by atoms with Crippen LogP contribution in [0.4, 0.5) is 23.2 Å². The molecule has 0 spiro atoms. The predicted molar refractivity (Wildman–Crippen MR) is 159 cm³/mol. The molecule has 0 bridgehead atoms. The molecule has 0 radical (unpaired) electrons. The smallest absolute Gasteiger partial charge is 0.237 e. The van der Waals surface area contributed by atoms with Crippen molar-refractivity contribution >= 4 is 39.2 Å². The molecule has 0 amide bonds. The summed E-state index contributed by atoms with van der Waals surface area (Å²) in [5.74, 6) is -5.69. The maximum Gasteiger partial charge on any atom is 0.270 e. The Morgan fingerprint density at radius 3 is 1.60 bits per heavy atom. The number of halogens is 4. The Bertz CT molecular complexity index is 2440. The van der Waals surface area contributed by atoms with Crippen LogP contribution in [0.15, 0.2) is 41.7 Å². The van der Waals surface area contributed by atoms with Gasteiger partial charge in [-0.3, -0.25) is 0 Å². The molecule has 218 valence electrons. The first-order valence-corrected chi connectivity index (χ1v) is 12.8. The molecule has 0 saturated carbocycles. The van der Waals surface area contributed by atoms with Crippen molar-refractivity contribution in [1.82, 2.24) is 0 Å². The normalized spacial score (nSPS) is 14.4. The van der Waals surface area contributed by atoms with Crippen molar-refractivity contribution in [1.29, 1.82) is 26.3 Å². The zero-order chi connectivity index (χ0) is 35.0. The van der Waals surface area contributed by atoms with Crippen LogP contribution >= 0.6 is 0 Å². The van der Waals surface area contributed by atoms with Crippen molar-refractivity contribution in [2.75, 3.05) is 0 Å². The molecule has 2 aliphatic rings. The zero-order valence-corrected chi connectivity index (χ0v) is 23.4. The van der Waals surface area contributed by atoms with Crippen LogP contribution in [0.5, 0.6) is 0 Å². The number of nitriles is 5. The molecule has 0 saturated heterocycles. The van der Waals surface area contributed by atoms with Crippen LogP contribution in [-0.2, 0) is 0 Å². The molecular formula is C35H5F4N9. The minimum atomic E-state index is -1.45. The molecule has 0 N–H and O–H groups in total. The Balaban J connectivity index is 2.09. The number of benzene rings is 3. The third-order valence-corrected chi connectivity index (χ3v) is 7.46. The highest BCUT2D eigenvalue weighted by Gasteiger charge is 2.41. The number of hydrogen-bond acceptors (Lipinski definition) is 5. The summed E-state index contributed by atoms with van der Waals surface area (Å²) in [6, 6.07) is 12.1. The second kappa shape index (κ2) is 11.7. The van der Waals surface area contributed by atoms with E-state index in [1.165, 1.54) is 0 Å². The standard InChI is InChI=1S/C35H5F4N9/c1-45-26-9-25(39)24(38)8-17(26)34-33(28(14-44)47-3)19-6-18-29(21(12-42)31(19)35(34)48-4)20(11-41)30(32(18)27(13-43)46-2)16-7-23(37)22(36)5-15(16)10-40/h5-9H/b32-27+,33-28-. The number of allylic oxidation sites excluding steroid dienone is 7.